The average Bonchev–Trinajstić information content (AvgIpc) is 3.34. The van der Waals surface area contributed by atoms with Crippen molar-refractivity contribution in [3.05, 3.63) is 70.1 Å². The van der Waals surface area contributed by atoms with Gasteiger partial charge in [-0.05, 0) is 71.7 Å². The topological polar surface area (TPSA) is 56.2 Å². The molecule has 0 saturated heterocycles. The molecule has 4 rings (SSSR count). The molecule has 1 aliphatic carbocycles. The van der Waals surface area contributed by atoms with Gasteiger partial charge in [0, 0.05) is 27.7 Å². The molecule has 0 spiro atoms. The second-order valence-electron chi connectivity index (χ2n) is 6.49. The molecule has 0 amide bonds. The van der Waals surface area contributed by atoms with E-state index in [1.165, 1.54) is 23.0 Å². The van der Waals surface area contributed by atoms with E-state index in [0.29, 0.717) is 23.8 Å². The van der Waals surface area contributed by atoms with E-state index in [1.54, 1.807) is 12.4 Å². The molecule has 5 nitrogen and oxygen atoms in total. The van der Waals surface area contributed by atoms with Crippen LogP contribution in [0.25, 0.3) is 5.69 Å². The first kappa shape index (κ1) is 18.0. The molecular weight excluding hydrogens is 460 g/mol. The van der Waals surface area contributed by atoms with E-state index in [9.17, 15) is 9.18 Å². The molecule has 27 heavy (non-hydrogen) atoms. The highest BCUT2D eigenvalue weighted by atomic mass is 127. The molecule has 0 radical (unpaired) electrons. The van der Waals surface area contributed by atoms with E-state index in [-0.39, 0.29) is 5.69 Å². The van der Waals surface area contributed by atoms with Crippen LogP contribution in [-0.2, 0) is 4.74 Å². The van der Waals surface area contributed by atoms with Crippen LogP contribution in [0.2, 0.25) is 0 Å². The van der Waals surface area contributed by atoms with Gasteiger partial charge in [-0.1, -0.05) is 0 Å². The van der Waals surface area contributed by atoms with Gasteiger partial charge in [0.05, 0.1) is 29.9 Å². The van der Waals surface area contributed by atoms with Gasteiger partial charge in [-0.3, -0.25) is 0 Å². The van der Waals surface area contributed by atoms with Gasteiger partial charge < -0.3 is 14.6 Å². The molecule has 2 aromatic carbocycles. The maximum atomic E-state index is 14.7. The zero-order valence-electron chi connectivity index (χ0n) is 14.4. The summed E-state index contributed by atoms with van der Waals surface area (Å²) >= 11 is 2.21. The van der Waals surface area contributed by atoms with Crippen molar-refractivity contribution >= 4 is 39.9 Å². The summed E-state index contributed by atoms with van der Waals surface area (Å²) < 4.78 is 22.8. The van der Waals surface area contributed by atoms with E-state index in [0.717, 1.165) is 22.1 Å². The Labute approximate surface area is 169 Å². The number of nitrogens with zero attached hydrogens (tertiary/aromatic N) is 2. The summed E-state index contributed by atoms with van der Waals surface area (Å²) in [5, 5.41) is 3.13. The maximum Gasteiger partial charge on any atom is 0.340 e. The van der Waals surface area contributed by atoms with Crippen LogP contribution in [0, 0.1) is 15.3 Å². The van der Waals surface area contributed by atoms with Crippen LogP contribution in [0.15, 0.2) is 55.1 Å². The summed E-state index contributed by atoms with van der Waals surface area (Å²) in [5.74, 6) is -0.467. The standard InChI is InChI=1S/C20H17FIN3O2/c21-17-10-18(24-15-5-3-14(22)4-6-15)16(20(26)27-11-13-1-2-13)9-19(17)25-8-7-23-12-25/h3-10,12-13,24H,1-2,11H2. The number of rotatable bonds is 6. The number of nitrogens with one attached hydrogen (secondary N) is 1. The smallest absolute Gasteiger partial charge is 0.340 e. The molecule has 3 aromatic rings. The van der Waals surface area contributed by atoms with E-state index in [4.69, 9.17) is 4.74 Å². The zero-order chi connectivity index (χ0) is 18.8. The summed E-state index contributed by atoms with van der Waals surface area (Å²) in [5.41, 5.74) is 1.68. The van der Waals surface area contributed by atoms with Crippen LogP contribution in [0.1, 0.15) is 23.2 Å². The van der Waals surface area contributed by atoms with Gasteiger partial charge in [0.2, 0.25) is 0 Å². The quantitative estimate of drug-likeness (QED) is 0.405. The third kappa shape index (κ3) is 4.29. The van der Waals surface area contributed by atoms with Crippen LogP contribution in [0.3, 0.4) is 0 Å². The van der Waals surface area contributed by atoms with Gasteiger partial charge in [-0.15, -0.1) is 0 Å². The number of hydrogen-bond donors (Lipinski definition) is 1. The third-order valence-corrected chi connectivity index (χ3v) is 5.08. The molecule has 1 fully saturated rings. The van der Waals surface area contributed by atoms with Crippen molar-refractivity contribution in [1.29, 1.82) is 0 Å². The molecule has 0 aliphatic heterocycles. The van der Waals surface area contributed by atoms with Gasteiger partial charge in [0.15, 0.2) is 0 Å². The first-order valence-electron chi connectivity index (χ1n) is 8.62. The van der Waals surface area contributed by atoms with E-state index >= 15 is 0 Å². The van der Waals surface area contributed by atoms with Crippen molar-refractivity contribution in [2.45, 2.75) is 12.8 Å². The molecule has 7 heteroatoms. The zero-order valence-corrected chi connectivity index (χ0v) is 16.5. The van der Waals surface area contributed by atoms with Crippen molar-refractivity contribution < 1.29 is 13.9 Å². The lowest BCUT2D eigenvalue weighted by molar-refractivity contribution is 0.0487. The largest absolute Gasteiger partial charge is 0.462 e. The summed E-state index contributed by atoms with van der Waals surface area (Å²) in [4.78, 5) is 16.6. The number of hydrogen-bond acceptors (Lipinski definition) is 4. The van der Waals surface area contributed by atoms with Gasteiger partial charge in [-0.2, -0.15) is 0 Å². The van der Waals surface area contributed by atoms with E-state index < -0.39 is 11.8 Å². The van der Waals surface area contributed by atoms with Crippen LogP contribution in [0.5, 0.6) is 0 Å². The Morgan fingerprint density at radius 3 is 2.74 bits per heavy atom. The van der Waals surface area contributed by atoms with Crippen molar-refractivity contribution in [2.75, 3.05) is 11.9 Å². The number of aromatic nitrogens is 2. The Morgan fingerprint density at radius 2 is 2.07 bits per heavy atom. The molecule has 1 aromatic heterocycles. The molecule has 0 bridgehead atoms. The predicted octanol–water partition coefficient (Wildman–Crippen LogP) is 4.93. The molecule has 0 atom stereocenters. The molecule has 1 aliphatic rings. The average molecular weight is 477 g/mol. The third-order valence-electron chi connectivity index (χ3n) is 4.36. The van der Waals surface area contributed by atoms with Crippen molar-refractivity contribution in [2.24, 2.45) is 5.92 Å². The monoisotopic (exact) mass is 477 g/mol. The van der Waals surface area contributed by atoms with Crippen molar-refractivity contribution in [1.82, 2.24) is 9.55 Å². The Hall–Kier alpha value is -2.42. The SMILES string of the molecule is O=C(OCC1CC1)c1cc(-n2ccnc2)c(F)cc1Nc1ccc(I)cc1. The molecule has 1 heterocycles. The summed E-state index contributed by atoms with van der Waals surface area (Å²) in [6, 6.07) is 10.4. The predicted molar refractivity (Wildman–Crippen MR) is 109 cm³/mol. The Morgan fingerprint density at radius 1 is 1.30 bits per heavy atom. The number of anilines is 2. The van der Waals surface area contributed by atoms with E-state index in [1.807, 2.05) is 24.3 Å². The van der Waals surface area contributed by atoms with Crippen LogP contribution >= 0.6 is 22.6 Å². The number of carbonyl (C=O) groups excluding carboxylic acids is 1. The highest BCUT2D eigenvalue weighted by molar-refractivity contribution is 14.1. The maximum absolute atomic E-state index is 14.7. The van der Waals surface area contributed by atoms with Gasteiger partial charge in [0.1, 0.15) is 5.82 Å². The van der Waals surface area contributed by atoms with Crippen LogP contribution < -0.4 is 5.32 Å². The Kier molecular flexibility index (Phi) is 5.11. The second kappa shape index (κ2) is 7.67. The molecule has 1 N–H and O–H groups in total. The number of halogens is 2. The minimum atomic E-state index is -0.462. The Bertz CT molecular complexity index is 954. The van der Waals surface area contributed by atoms with Crippen LogP contribution in [0.4, 0.5) is 15.8 Å². The molecule has 0 unspecified atom stereocenters. The Balaban J connectivity index is 1.69. The summed E-state index contributed by atoms with van der Waals surface area (Å²) in [7, 11) is 0. The number of benzene rings is 2. The van der Waals surface area contributed by atoms with Crippen LogP contribution in [-0.4, -0.2) is 22.1 Å². The molecule has 1 saturated carbocycles. The molecular formula is C20H17FIN3O2. The second-order valence-corrected chi connectivity index (χ2v) is 7.74. The van der Waals surface area contributed by atoms with Crippen molar-refractivity contribution in [3.63, 3.8) is 0 Å². The fourth-order valence-corrected chi connectivity index (χ4v) is 3.04. The number of carbonyl (C=O) groups is 1. The number of esters is 1. The normalized spacial score (nSPS) is 13.4. The first-order chi connectivity index (χ1) is 13.1. The summed E-state index contributed by atoms with van der Waals surface area (Å²) in [6.07, 6.45) is 6.85. The van der Waals surface area contributed by atoms with E-state index in [2.05, 4.69) is 32.9 Å². The fourth-order valence-electron chi connectivity index (χ4n) is 2.68. The fraction of sp³-hybridized carbons (Fsp3) is 0.200. The number of ether oxygens (including phenoxy) is 1. The highest BCUT2D eigenvalue weighted by Crippen LogP contribution is 2.31. The minimum absolute atomic E-state index is 0.249. The minimum Gasteiger partial charge on any atom is -0.462 e. The molecule has 138 valence electrons. The van der Waals surface area contributed by atoms with Gasteiger partial charge in [-0.25, -0.2) is 14.2 Å². The van der Waals surface area contributed by atoms with Gasteiger partial charge in [0.25, 0.3) is 0 Å². The first-order valence-corrected chi connectivity index (χ1v) is 9.69. The summed E-state index contributed by atoms with van der Waals surface area (Å²) in [6.45, 7) is 0.402. The lowest BCUT2D eigenvalue weighted by Gasteiger charge is -2.15. The lowest BCUT2D eigenvalue weighted by atomic mass is 10.1. The highest BCUT2D eigenvalue weighted by Gasteiger charge is 2.25. The van der Waals surface area contributed by atoms with Gasteiger partial charge >= 0.3 is 5.97 Å². The van der Waals surface area contributed by atoms with Crippen molar-refractivity contribution in [3.8, 4) is 5.69 Å². The lowest BCUT2D eigenvalue weighted by Crippen LogP contribution is -2.12. The number of imidazole rings is 1.